The van der Waals surface area contributed by atoms with Gasteiger partial charge in [-0.15, -0.1) is 0 Å². The van der Waals surface area contributed by atoms with Crippen LogP contribution in [0.4, 0.5) is 10.1 Å². The van der Waals surface area contributed by atoms with Crippen LogP contribution in [0.3, 0.4) is 0 Å². The number of methoxy groups -OCH3 is 1. The van der Waals surface area contributed by atoms with Gasteiger partial charge in [-0.2, -0.15) is 0 Å². The van der Waals surface area contributed by atoms with Gasteiger partial charge in [0.25, 0.3) is 0 Å². The number of anilines is 1. The summed E-state index contributed by atoms with van der Waals surface area (Å²) in [6, 6.07) is 4.56. The molecule has 0 unspecified atom stereocenters. The van der Waals surface area contributed by atoms with Gasteiger partial charge in [0.05, 0.1) is 6.10 Å². The fourth-order valence-corrected chi connectivity index (χ4v) is 2.26. The summed E-state index contributed by atoms with van der Waals surface area (Å²) in [5.74, 6) is -0.221. The van der Waals surface area contributed by atoms with E-state index >= 15 is 0 Å². The highest BCUT2D eigenvalue weighted by Crippen LogP contribution is 2.19. The monoisotopic (exact) mass is 238 g/mol. The first-order chi connectivity index (χ1) is 8.19. The summed E-state index contributed by atoms with van der Waals surface area (Å²) in [4.78, 5) is 2.29. The van der Waals surface area contributed by atoms with Crippen molar-refractivity contribution in [1.29, 1.82) is 0 Å². The number of nitrogen functional groups attached to an aromatic ring is 1. The highest BCUT2D eigenvalue weighted by Gasteiger charge is 2.19. The first-order valence-electron chi connectivity index (χ1n) is 5.98. The van der Waals surface area contributed by atoms with E-state index in [-0.39, 0.29) is 5.82 Å². The van der Waals surface area contributed by atoms with E-state index in [1.165, 1.54) is 12.1 Å². The Morgan fingerprint density at radius 2 is 2.12 bits per heavy atom. The highest BCUT2D eigenvalue weighted by molar-refractivity contribution is 5.46. The number of benzene rings is 1. The number of nitrogens with zero attached hydrogens (tertiary/aromatic N) is 1. The van der Waals surface area contributed by atoms with Gasteiger partial charge in [-0.3, -0.25) is 4.90 Å². The Kier molecular flexibility index (Phi) is 3.97. The van der Waals surface area contributed by atoms with Gasteiger partial charge in [-0.25, -0.2) is 4.39 Å². The van der Waals surface area contributed by atoms with Crippen LogP contribution in [0.2, 0.25) is 0 Å². The van der Waals surface area contributed by atoms with Crippen LogP contribution < -0.4 is 5.73 Å². The minimum absolute atomic E-state index is 0.221. The van der Waals surface area contributed by atoms with Gasteiger partial charge in [-0.05, 0) is 36.6 Å². The lowest BCUT2D eigenvalue weighted by molar-refractivity contribution is 0.0389. The van der Waals surface area contributed by atoms with E-state index in [9.17, 15) is 4.39 Å². The largest absolute Gasteiger partial charge is 0.398 e. The number of ether oxygens (including phenoxy) is 1. The second-order valence-electron chi connectivity index (χ2n) is 4.55. The molecule has 0 bridgehead atoms. The van der Waals surface area contributed by atoms with Crippen LogP contribution in [0.25, 0.3) is 0 Å². The van der Waals surface area contributed by atoms with Crippen molar-refractivity contribution in [3.63, 3.8) is 0 Å². The summed E-state index contributed by atoms with van der Waals surface area (Å²) in [5.41, 5.74) is 7.38. The van der Waals surface area contributed by atoms with Crippen LogP contribution >= 0.6 is 0 Å². The lowest BCUT2D eigenvalue weighted by atomic mass is 10.1. The molecule has 2 rings (SSSR count). The lowest BCUT2D eigenvalue weighted by Crippen LogP contribution is -2.36. The molecule has 1 aliphatic heterocycles. The van der Waals surface area contributed by atoms with Gasteiger partial charge in [0.15, 0.2) is 0 Å². The smallest absolute Gasteiger partial charge is 0.123 e. The second-order valence-corrected chi connectivity index (χ2v) is 4.55. The van der Waals surface area contributed by atoms with Crippen molar-refractivity contribution in [1.82, 2.24) is 4.90 Å². The lowest BCUT2D eigenvalue weighted by Gasteiger charge is -2.31. The van der Waals surface area contributed by atoms with E-state index in [4.69, 9.17) is 10.5 Å². The third-order valence-electron chi connectivity index (χ3n) is 3.37. The Morgan fingerprint density at radius 3 is 2.76 bits per heavy atom. The van der Waals surface area contributed by atoms with Gasteiger partial charge >= 0.3 is 0 Å². The van der Waals surface area contributed by atoms with Crippen LogP contribution in [0.1, 0.15) is 18.4 Å². The Balaban J connectivity index is 1.95. The maximum atomic E-state index is 13.1. The fourth-order valence-electron chi connectivity index (χ4n) is 2.26. The SMILES string of the molecule is COC1CCN(Cc2cc(F)ccc2N)CC1. The summed E-state index contributed by atoms with van der Waals surface area (Å²) < 4.78 is 18.4. The molecule has 0 saturated carbocycles. The normalized spacial score (nSPS) is 18.5. The van der Waals surface area contributed by atoms with E-state index in [2.05, 4.69) is 4.90 Å². The van der Waals surface area contributed by atoms with Crippen molar-refractivity contribution < 1.29 is 9.13 Å². The molecule has 0 aromatic heterocycles. The molecule has 1 saturated heterocycles. The van der Waals surface area contributed by atoms with Crippen molar-refractivity contribution >= 4 is 5.69 Å². The second kappa shape index (κ2) is 5.47. The van der Waals surface area contributed by atoms with Gasteiger partial charge < -0.3 is 10.5 Å². The van der Waals surface area contributed by atoms with E-state index in [1.807, 2.05) is 0 Å². The minimum Gasteiger partial charge on any atom is -0.398 e. The van der Waals surface area contributed by atoms with Gasteiger partial charge in [0.1, 0.15) is 5.82 Å². The number of rotatable bonds is 3. The summed E-state index contributed by atoms with van der Waals surface area (Å²) >= 11 is 0. The zero-order chi connectivity index (χ0) is 12.3. The van der Waals surface area contributed by atoms with Crippen LogP contribution in [-0.4, -0.2) is 31.2 Å². The van der Waals surface area contributed by atoms with Crippen molar-refractivity contribution in [3.05, 3.63) is 29.6 Å². The van der Waals surface area contributed by atoms with E-state index in [1.54, 1.807) is 13.2 Å². The van der Waals surface area contributed by atoms with Crippen LogP contribution in [0.5, 0.6) is 0 Å². The summed E-state index contributed by atoms with van der Waals surface area (Å²) in [6.07, 6.45) is 2.44. The number of piperidine rings is 1. The van der Waals surface area contributed by atoms with Gasteiger partial charge in [0, 0.05) is 32.4 Å². The molecular formula is C13H19FN2O. The van der Waals surface area contributed by atoms with Gasteiger partial charge in [0.2, 0.25) is 0 Å². The average molecular weight is 238 g/mol. The number of nitrogens with two attached hydrogens (primary N) is 1. The maximum Gasteiger partial charge on any atom is 0.123 e. The molecule has 0 spiro atoms. The summed E-state index contributed by atoms with van der Waals surface area (Å²) in [7, 11) is 1.75. The van der Waals surface area contributed by atoms with Crippen LogP contribution in [0, 0.1) is 5.82 Å². The molecule has 1 aromatic carbocycles. The molecular weight excluding hydrogens is 219 g/mol. The molecule has 0 amide bonds. The van der Waals surface area contributed by atoms with Gasteiger partial charge in [-0.1, -0.05) is 0 Å². The number of likely N-dealkylation sites (tertiary alicyclic amines) is 1. The predicted molar refractivity (Wildman–Crippen MR) is 66.1 cm³/mol. The molecule has 3 nitrogen and oxygen atoms in total. The van der Waals surface area contributed by atoms with Crippen LogP contribution in [-0.2, 0) is 11.3 Å². The molecule has 1 fully saturated rings. The average Bonchev–Trinajstić information content (AvgIpc) is 2.35. The van der Waals surface area contributed by atoms with Crippen molar-refractivity contribution in [2.24, 2.45) is 0 Å². The minimum atomic E-state index is -0.221. The Morgan fingerprint density at radius 1 is 1.41 bits per heavy atom. The number of halogens is 1. The standard InChI is InChI=1S/C13H19FN2O/c1-17-12-4-6-16(7-5-12)9-10-8-11(14)2-3-13(10)15/h2-3,8,12H,4-7,9,15H2,1H3. The Hall–Kier alpha value is -1.13. The highest BCUT2D eigenvalue weighted by atomic mass is 19.1. The molecule has 1 aromatic rings. The summed E-state index contributed by atoms with van der Waals surface area (Å²) in [6.45, 7) is 2.68. The third kappa shape index (κ3) is 3.17. The summed E-state index contributed by atoms with van der Waals surface area (Å²) in [5, 5.41) is 0. The molecule has 0 radical (unpaired) electrons. The molecule has 1 aliphatic rings. The quantitative estimate of drug-likeness (QED) is 0.819. The maximum absolute atomic E-state index is 13.1. The fraction of sp³-hybridized carbons (Fsp3) is 0.538. The number of hydrogen-bond donors (Lipinski definition) is 1. The molecule has 0 atom stereocenters. The predicted octanol–water partition coefficient (Wildman–Crippen LogP) is 2.02. The molecule has 4 heteroatoms. The molecule has 94 valence electrons. The molecule has 0 aliphatic carbocycles. The van der Waals surface area contributed by atoms with E-state index < -0.39 is 0 Å². The first kappa shape index (κ1) is 12.3. The van der Waals surface area contributed by atoms with Crippen molar-refractivity contribution in [2.45, 2.75) is 25.5 Å². The Labute approximate surface area is 101 Å². The zero-order valence-corrected chi connectivity index (χ0v) is 10.2. The van der Waals surface area contributed by atoms with E-state index in [0.717, 1.165) is 38.0 Å². The topological polar surface area (TPSA) is 38.5 Å². The molecule has 1 heterocycles. The van der Waals surface area contributed by atoms with E-state index in [0.29, 0.717) is 11.8 Å². The zero-order valence-electron chi connectivity index (χ0n) is 10.2. The van der Waals surface area contributed by atoms with Crippen molar-refractivity contribution in [2.75, 3.05) is 25.9 Å². The van der Waals surface area contributed by atoms with Crippen molar-refractivity contribution in [3.8, 4) is 0 Å². The molecule has 17 heavy (non-hydrogen) atoms. The third-order valence-corrected chi connectivity index (χ3v) is 3.37. The first-order valence-corrected chi connectivity index (χ1v) is 5.98. The molecule has 2 N–H and O–H groups in total. The number of hydrogen-bond acceptors (Lipinski definition) is 3. The van der Waals surface area contributed by atoms with Crippen LogP contribution in [0.15, 0.2) is 18.2 Å². The Bertz CT molecular complexity index is 376.